The summed E-state index contributed by atoms with van der Waals surface area (Å²) in [5, 5.41) is 0. The van der Waals surface area contributed by atoms with Gasteiger partial charge in [-0.3, -0.25) is 4.79 Å². The summed E-state index contributed by atoms with van der Waals surface area (Å²) < 4.78 is 0. The maximum absolute atomic E-state index is 9.36. The molecule has 0 saturated heterocycles. The van der Waals surface area contributed by atoms with Crippen LogP contribution in [0.3, 0.4) is 0 Å². The molecule has 2 heteroatoms. The van der Waals surface area contributed by atoms with E-state index in [0.717, 1.165) is 6.08 Å². The van der Waals surface area contributed by atoms with Crippen molar-refractivity contribution in [3.05, 3.63) is 19.6 Å². The van der Waals surface area contributed by atoms with Crippen LogP contribution >= 0.6 is 0 Å². The first-order chi connectivity index (χ1) is 2.27. The van der Waals surface area contributed by atoms with Gasteiger partial charge in [0.1, 0.15) is 0 Å². The van der Waals surface area contributed by atoms with E-state index in [4.69, 9.17) is 6.92 Å². The fourth-order valence-electron chi connectivity index (χ4n) is 0. The van der Waals surface area contributed by atoms with Gasteiger partial charge in [0.2, 0.25) is 0 Å². The third kappa shape index (κ3) is 8.92. The van der Waals surface area contributed by atoms with E-state index in [2.05, 4.69) is 6.58 Å². The van der Waals surface area contributed by atoms with Gasteiger partial charge in [-0.15, -0.1) is 0 Å². The van der Waals surface area contributed by atoms with E-state index in [0.29, 0.717) is 0 Å². The second kappa shape index (κ2) is 5.12. The minimum absolute atomic E-state index is 0. The van der Waals surface area contributed by atoms with E-state index in [1.54, 1.807) is 0 Å². The van der Waals surface area contributed by atoms with Gasteiger partial charge < -0.3 is 0 Å². The van der Waals surface area contributed by atoms with Crippen molar-refractivity contribution in [2.75, 3.05) is 0 Å². The molecule has 0 aromatic rings. The summed E-state index contributed by atoms with van der Waals surface area (Å²) >= 11 is 0. The van der Waals surface area contributed by atoms with Crippen molar-refractivity contribution in [3.63, 3.8) is 0 Å². The Kier molecular flexibility index (Phi) is 8.07. The van der Waals surface area contributed by atoms with Gasteiger partial charge in [-0.25, -0.2) is 0 Å². The standard InChI is InChI=1S/C4H3O.Ti/c1-3-4(2)5;/h3H,1H2;. The van der Waals surface area contributed by atoms with Crippen LogP contribution in [0, 0.1) is 6.92 Å². The number of hydrogen-bond donors (Lipinski definition) is 0. The van der Waals surface area contributed by atoms with Crippen LogP contribution in [0.5, 0.6) is 0 Å². The zero-order valence-corrected chi connectivity index (χ0v) is 4.75. The van der Waals surface area contributed by atoms with Crippen LogP contribution in [0.4, 0.5) is 0 Å². The molecule has 3 radical (unpaired) electrons. The van der Waals surface area contributed by atoms with Crippen molar-refractivity contribution in [2.45, 2.75) is 0 Å². The maximum atomic E-state index is 9.36. The fourth-order valence-corrected chi connectivity index (χ4v) is 0. The third-order valence-corrected chi connectivity index (χ3v) is 0.185. The van der Waals surface area contributed by atoms with E-state index < -0.39 is 5.78 Å². The molecule has 0 aromatic carbocycles. The second-order valence-electron chi connectivity index (χ2n) is 0.568. The smallest absolute Gasteiger partial charge is 0.164 e. The average Bonchev–Trinajstić information content (AvgIpc) is 1.38. The molecular formula is C4H3OTi. The summed E-state index contributed by atoms with van der Waals surface area (Å²) in [5.74, 6) is -0.731. The van der Waals surface area contributed by atoms with Gasteiger partial charge in [0.25, 0.3) is 0 Å². The number of ketones is 1. The molecule has 0 aromatic heterocycles. The molecule has 0 aliphatic heterocycles. The number of rotatable bonds is 1. The van der Waals surface area contributed by atoms with Crippen LogP contribution in [0.25, 0.3) is 0 Å². The quantitative estimate of drug-likeness (QED) is 0.355. The Morgan fingerprint density at radius 3 is 2.00 bits per heavy atom. The minimum atomic E-state index is -0.731. The van der Waals surface area contributed by atoms with E-state index in [-0.39, 0.29) is 21.7 Å². The van der Waals surface area contributed by atoms with E-state index in [9.17, 15) is 4.79 Å². The zero-order chi connectivity index (χ0) is 4.28. The normalized spacial score (nSPS) is 5.50. The molecule has 0 rings (SSSR count). The Balaban J connectivity index is 0. The first kappa shape index (κ1) is 9.45. The minimum Gasteiger partial charge on any atom is -0.294 e. The Morgan fingerprint density at radius 1 is 1.83 bits per heavy atom. The van der Waals surface area contributed by atoms with E-state index in [1.807, 2.05) is 0 Å². The monoisotopic (exact) mass is 115 g/mol. The van der Waals surface area contributed by atoms with Crippen LogP contribution in [0.1, 0.15) is 0 Å². The summed E-state index contributed by atoms with van der Waals surface area (Å²) in [4.78, 5) is 9.36. The zero-order valence-electron chi connectivity index (χ0n) is 3.19. The van der Waals surface area contributed by atoms with Crippen LogP contribution in [0.2, 0.25) is 0 Å². The molecule has 0 spiro atoms. The summed E-state index contributed by atoms with van der Waals surface area (Å²) in [7, 11) is 0. The Hall–Kier alpha value is 0.124. The summed E-state index contributed by atoms with van der Waals surface area (Å²) in [6.07, 6.45) is 0.944. The van der Waals surface area contributed by atoms with Gasteiger partial charge in [-0.2, -0.15) is 0 Å². The maximum Gasteiger partial charge on any atom is 0.164 e. The Bertz CT molecular complexity index is 58.6. The van der Waals surface area contributed by atoms with Crippen molar-refractivity contribution >= 4 is 5.78 Å². The first-order valence-electron chi connectivity index (χ1n) is 1.15. The molecule has 0 atom stereocenters. The fraction of sp³-hybridized carbons (Fsp3) is 0. The third-order valence-electron chi connectivity index (χ3n) is 0.185. The molecule has 0 unspecified atom stereocenters. The van der Waals surface area contributed by atoms with E-state index >= 15 is 0 Å². The van der Waals surface area contributed by atoms with Gasteiger partial charge in [0.05, 0.1) is 6.92 Å². The Labute approximate surface area is 52.3 Å². The van der Waals surface area contributed by atoms with Crippen molar-refractivity contribution in [2.24, 2.45) is 0 Å². The second-order valence-corrected chi connectivity index (χ2v) is 0.568. The van der Waals surface area contributed by atoms with E-state index in [1.165, 1.54) is 0 Å². The number of allylic oxidation sites excluding steroid dienone is 1. The Morgan fingerprint density at radius 2 is 2.00 bits per heavy atom. The van der Waals surface area contributed by atoms with Gasteiger partial charge in [-0.1, -0.05) is 6.58 Å². The molecule has 0 bridgehead atoms. The first-order valence-corrected chi connectivity index (χ1v) is 1.15. The molecule has 0 amide bonds. The van der Waals surface area contributed by atoms with Crippen molar-refractivity contribution in [1.82, 2.24) is 0 Å². The number of carbonyl (C=O) groups excluding carboxylic acids is 1. The van der Waals surface area contributed by atoms with Gasteiger partial charge in [0, 0.05) is 21.7 Å². The van der Waals surface area contributed by atoms with Crippen LogP contribution < -0.4 is 0 Å². The SMILES string of the molecule is [C]C(=O)C=C.[Ti]. The molecule has 0 N–H and O–H groups in total. The molecule has 0 aliphatic rings. The summed E-state index contributed by atoms with van der Waals surface area (Å²) in [6.45, 7) is 9.09. The molecule has 6 heavy (non-hydrogen) atoms. The summed E-state index contributed by atoms with van der Waals surface area (Å²) in [6, 6.07) is 0. The average molecular weight is 115 g/mol. The van der Waals surface area contributed by atoms with Crippen molar-refractivity contribution < 1.29 is 26.5 Å². The molecule has 1 nitrogen and oxygen atoms in total. The van der Waals surface area contributed by atoms with Gasteiger partial charge in [-0.05, 0) is 6.08 Å². The predicted molar refractivity (Wildman–Crippen MR) is 18.4 cm³/mol. The predicted octanol–water partition coefficient (Wildman–Crippen LogP) is 0.327. The molecular weight excluding hydrogens is 112 g/mol. The molecule has 0 fully saturated rings. The van der Waals surface area contributed by atoms with Crippen molar-refractivity contribution in [1.29, 1.82) is 0 Å². The number of hydrogen-bond acceptors (Lipinski definition) is 1. The van der Waals surface area contributed by atoms with Crippen LogP contribution in [-0.4, -0.2) is 5.78 Å². The topological polar surface area (TPSA) is 17.1 Å². The number of carbonyl (C=O) groups is 1. The van der Waals surface area contributed by atoms with Gasteiger partial charge >= 0.3 is 0 Å². The summed E-state index contributed by atoms with van der Waals surface area (Å²) in [5.41, 5.74) is 0. The largest absolute Gasteiger partial charge is 0.294 e. The molecule has 0 heterocycles. The molecule has 29 valence electrons. The molecule has 0 saturated carbocycles. The van der Waals surface area contributed by atoms with Crippen molar-refractivity contribution in [3.8, 4) is 0 Å². The molecule has 0 aliphatic carbocycles. The van der Waals surface area contributed by atoms with Crippen LogP contribution in [0.15, 0.2) is 12.7 Å². The van der Waals surface area contributed by atoms with Gasteiger partial charge in [0.15, 0.2) is 5.78 Å². The van der Waals surface area contributed by atoms with Crippen LogP contribution in [-0.2, 0) is 26.5 Å².